The number of aromatic nitrogens is 3. The van der Waals surface area contributed by atoms with E-state index >= 15 is 0 Å². The van der Waals surface area contributed by atoms with Gasteiger partial charge in [0.25, 0.3) is 5.91 Å². The van der Waals surface area contributed by atoms with E-state index in [2.05, 4.69) is 15.0 Å². The Hall–Kier alpha value is -3.52. The third-order valence-electron chi connectivity index (χ3n) is 5.74. The standard InChI is InChI=1S/C25H28N4O4/c1-16-21(14-26-17(2)28-16)25(30)29-9-10-33-24(15-29)22-7-5-18(13-27-22)11-19-12-20(31-3)6-8-23(19)32-4/h5-8,12-14,24H,9-11,15H2,1-4H3/t24-/m1/s1. The average molecular weight is 449 g/mol. The van der Waals surface area contributed by atoms with Crippen LogP contribution in [0.4, 0.5) is 0 Å². The molecule has 1 aliphatic heterocycles. The van der Waals surface area contributed by atoms with Gasteiger partial charge in [-0.15, -0.1) is 0 Å². The summed E-state index contributed by atoms with van der Waals surface area (Å²) >= 11 is 0. The summed E-state index contributed by atoms with van der Waals surface area (Å²) in [4.78, 5) is 27.9. The Bertz CT molecular complexity index is 1130. The predicted molar refractivity (Wildman–Crippen MR) is 123 cm³/mol. The second-order valence-electron chi connectivity index (χ2n) is 7.97. The molecule has 0 unspecified atom stereocenters. The van der Waals surface area contributed by atoms with Gasteiger partial charge in [-0.25, -0.2) is 9.97 Å². The van der Waals surface area contributed by atoms with Crippen molar-refractivity contribution in [2.45, 2.75) is 26.4 Å². The summed E-state index contributed by atoms with van der Waals surface area (Å²) in [7, 11) is 3.30. The van der Waals surface area contributed by atoms with E-state index in [1.807, 2.05) is 50.4 Å². The number of carbonyl (C=O) groups is 1. The Morgan fingerprint density at radius 1 is 1.12 bits per heavy atom. The highest BCUT2D eigenvalue weighted by Crippen LogP contribution is 2.27. The van der Waals surface area contributed by atoms with Crippen molar-refractivity contribution in [3.63, 3.8) is 0 Å². The van der Waals surface area contributed by atoms with Crippen molar-refractivity contribution in [2.75, 3.05) is 33.9 Å². The van der Waals surface area contributed by atoms with E-state index in [4.69, 9.17) is 14.2 Å². The monoisotopic (exact) mass is 448 g/mol. The van der Waals surface area contributed by atoms with Crippen molar-refractivity contribution >= 4 is 5.91 Å². The molecule has 3 heterocycles. The van der Waals surface area contributed by atoms with E-state index < -0.39 is 0 Å². The summed E-state index contributed by atoms with van der Waals surface area (Å²) in [6.07, 6.45) is 3.83. The van der Waals surface area contributed by atoms with Crippen LogP contribution in [0.2, 0.25) is 0 Å². The number of amides is 1. The number of aryl methyl sites for hydroxylation is 2. The summed E-state index contributed by atoms with van der Waals surface area (Å²) < 4.78 is 16.7. The Labute approximate surface area is 193 Å². The van der Waals surface area contributed by atoms with Gasteiger partial charge in [0.15, 0.2) is 0 Å². The van der Waals surface area contributed by atoms with Gasteiger partial charge in [-0.3, -0.25) is 9.78 Å². The fourth-order valence-electron chi connectivity index (χ4n) is 3.95. The maximum absolute atomic E-state index is 13.0. The fraction of sp³-hybridized carbons (Fsp3) is 0.360. The van der Waals surface area contributed by atoms with Crippen LogP contribution < -0.4 is 9.47 Å². The van der Waals surface area contributed by atoms with Crippen LogP contribution >= 0.6 is 0 Å². The molecule has 33 heavy (non-hydrogen) atoms. The number of ether oxygens (including phenoxy) is 3. The zero-order chi connectivity index (χ0) is 23.4. The van der Waals surface area contributed by atoms with E-state index in [9.17, 15) is 4.79 Å². The topological polar surface area (TPSA) is 86.7 Å². The van der Waals surface area contributed by atoms with Crippen LogP contribution in [0.1, 0.15) is 44.8 Å². The fourth-order valence-corrected chi connectivity index (χ4v) is 3.95. The first-order chi connectivity index (χ1) is 16.0. The lowest BCUT2D eigenvalue weighted by atomic mass is 10.0. The molecule has 0 saturated carbocycles. The number of methoxy groups -OCH3 is 2. The van der Waals surface area contributed by atoms with Gasteiger partial charge >= 0.3 is 0 Å². The molecule has 3 aromatic rings. The molecule has 2 aromatic heterocycles. The van der Waals surface area contributed by atoms with E-state index in [0.29, 0.717) is 43.2 Å². The molecular weight excluding hydrogens is 420 g/mol. The Balaban J connectivity index is 1.46. The molecule has 0 spiro atoms. The van der Waals surface area contributed by atoms with Crippen LogP contribution in [0.25, 0.3) is 0 Å². The zero-order valence-corrected chi connectivity index (χ0v) is 19.4. The quantitative estimate of drug-likeness (QED) is 0.572. The van der Waals surface area contributed by atoms with Gasteiger partial charge in [0.2, 0.25) is 0 Å². The molecule has 8 heteroatoms. The van der Waals surface area contributed by atoms with Crippen molar-refractivity contribution in [3.8, 4) is 11.5 Å². The highest BCUT2D eigenvalue weighted by atomic mass is 16.5. The number of morpholine rings is 1. The molecule has 4 rings (SSSR count). The van der Waals surface area contributed by atoms with Gasteiger partial charge in [0, 0.05) is 30.9 Å². The lowest BCUT2D eigenvalue weighted by molar-refractivity contribution is -0.0248. The van der Waals surface area contributed by atoms with Crippen LogP contribution in [-0.4, -0.2) is 59.7 Å². The van der Waals surface area contributed by atoms with Crippen molar-refractivity contribution in [2.24, 2.45) is 0 Å². The second-order valence-corrected chi connectivity index (χ2v) is 7.97. The second kappa shape index (κ2) is 9.95. The third-order valence-corrected chi connectivity index (χ3v) is 5.74. The molecule has 172 valence electrons. The van der Waals surface area contributed by atoms with Crippen LogP contribution in [0.15, 0.2) is 42.7 Å². The van der Waals surface area contributed by atoms with Gasteiger partial charge in [0.1, 0.15) is 23.4 Å². The first-order valence-electron chi connectivity index (χ1n) is 10.9. The van der Waals surface area contributed by atoms with E-state index in [1.54, 1.807) is 25.3 Å². The molecule has 1 atom stereocenters. The van der Waals surface area contributed by atoms with Crippen molar-refractivity contribution < 1.29 is 19.0 Å². The van der Waals surface area contributed by atoms with Crippen molar-refractivity contribution in [1.29, 1.82) is 0 Å². The molecule has 1 aliphatic rings. The number of rotatable bonds is 6. The van der Waals surface area contributed by atoms with Gasteiger partial charge in [-0.2, -0.15) is 0 Å². The summed E-state index contributed by atoms with van der Waals surface area (Å²) in [5.41, 5.74) is 4.07. The number of hydrogen-bond donors (Lipinski definition) is 0. The molecular formula is C25H28N4O4. The number of benzene rings is 1. The SMILES string of the molecule is COc1ccc(OC)c(Cc2ccc([C@H]3CN(C(=O)c4cnc(C)nc4C)CCO3)nc2)c1. The number of pyridine rings is 1. The summed E-state index contributed by atoms with van der Waals surface area (Å²) in [5, 5.41) is 0. The average Bonchev–Trinajstić information content (AvgIpc) is 2.84. The highest BCUT2D eigenvalue weighted by molar-refractivity contribution is 5.95. The Kier molecular flexibility index (Phi) is 6.84. The number of nitrogens with zero attached hydrogens (tertiary/aromatic N) is 4. The van der Waals surface area contributed by atoms with Gasteiger partial charge in [-0.05, 0) is 43.7 Å². The summed E-state index contributed by atoms with van der Waals surface area (Å²) in [5.74, 6) is 2.16. The summed E-state index contributed by atoms with van der Waals surface area (Å²) in [6.45, 7) is 5.05. The minimum absolute atomic E-state index is 0.0810. The molecule has 0 aliphatic carbocycles. The smallest absolute Gasteiger partial charge is 0.257 e. The summed E-state index contributed by atoms with van der Waals surface area (Å²) in [6, 6.07) is 9.74. The lowest BCUT2D eigenvalue weighted by Crippen LogP contribution is -2.42. The third kappa shape index (κ3) is 5.12. The molecule has 1 saturated heterocycles. The molecule has 0 radical (unpaired) electrons. The van der Waals surface area contributed by atoms with Gasteiger partial charge in [0.05, 0.1) is 44.3 Å². The lowest BCUT2D eigenvalue weighted by Gasteiger charge is -2.33. The van der Waals surface area contributed by atoms with E-state index in [-0.39, 0.29) is 12.0 Å². The molecule has 1 amide bonds. The van der Waals surface area contributed by atoms with Gasteiger partial charge < -0.3 is 19.1 Å². The largest absolute Gasteiger partial charge is 0.497 e. The van der Waals surface area contributed by atoms with Gasteiger partial charge in [-0.1, -0.05) is 6.07 Å². The maximum atomic E-state index is 13.0. The Morgan fingerprint density at radius 3 is 2.67 bits per heavy atom. The van der Waals surface area contributed by atoms with Crippen molar-refractivity contribution in [3.05, 3.63) is 76.6 Å². The first-order valence-corrected chi connectivity index (χ1v) is 10.9. The van der Waals surface area contributed by atoms with Crippen LogP contribution in [0, 0.1) is 13.8 Å². The molecule has 1 aromatic carbocycles. The predicted octanol–water partition coefficient (Wildman–Crippen LogP) is 3.31. The first kappa shape index (κ1) is 22.7. The van der Waals surface area contributed by atoms with E-state index in [0.717, 1.165) is 28.3 Å². The zero-order valence-electron chi connectivity index (χ0n) is 19.4. The molecule has 0 N–H and O–H groups in total. The maximum Gasteiger partial charge on any atom is 0.257 e. The highest BCUT2D eigenvalue weighted by Gasteiger charge is 2.28. The van der Waals surface area contributed by atoms with Crippen LogP contribution in [-0.2, 0) is 11.2 Å². The van der Waals surface area contributed by atoms with Crippen LogP contribution in [0.3, 0.4) is 0 Å². The molecule has 1 fully saturated rings. The minimum atomic E-state index is -0.283. The Morgan fingerprint density at radius 2 is 1.97 bits per heavy atom. The number of carbonyl (C=O) groups excluding carboxylic acids is 1. The number of hydrogen-bond acceptors (Lipinski definition) is 7. The van der Waals surface area contributed by atoms with E-state index in [1.165, 1.54) is 0 Å². The normalized spacial score (nSPS) is 15.9. The minimum Gasteiger partial charge on any atom is -0.497 e. The molecule has 8 nitrogen and oxygen atoms in total. The van der Waals surface area contributed by atoms with Crippen molar-refractivity contribution in [1.82, 2.24) is 19.9 Å². The van der Waals surface area contributed by atoms with Crippen LogP contribution in [0.5, 0.6) is 11.5 Å². The molecule has 0 bridgehead atoms.